The van der Waals surface area contributed by atoms with Gasteiger partial charge in [0.1, 0.15) is 5.82 Å². The van der Waals surface area contributed by atoms with Crippen LogP contribution in [0.25, 0.3) is 0 Å². The summed E-state index contributed by atoms with van der Waals surface area (Å²) in [6.07, 6.45) is 0.990. The molecule has 1 aromatic rings. The van der Waals surface area contributed by atoms with Crippen molar-refractivity contribution in [1.82, 2.24) is 15.3 Å². The van der Waals surface area contributed by atoms with Gasteiger partial charge in [-0.1, -0.05) is 25.6 Å². The van der Waals surface area contributed by atoms with Crippen LogP contribution in [0, 0.1) is 12.8 Å². The van der Waals surface area contributed by atoms with Crippen LogP contribution in [0.4, 0.5) is 5.82 Å². The Balaban J connectivity index is 2.33. The summed E-state index contributed by atoms with van der Waals surface area (Å²) in [5, 5.41) is 3.41. The Bertz CT molecular complexity index is 389. The molecule has 0 aliphatic heterocycles. The number of nitrogens with two attached hydrogens (primary N) is 1. The van der Waals surface area contributed by atoms with Crippen molar-refractivity contribution >= 4 is 23.5 Å². The highest BCUT2D eigenvalue weighted by atomic mass is 32.2. The van der Waals surface area contributed by atoms with Crippen LogP contribution in [0.3, 0.4) is 0 Å². The van der Waals surface area contributed by atoms with E-state index in [0.29, 0.717) is 29.2 Å². The molecule has 0 saturated heterocycles. The van der Waals surface area contributed by atoms with E-state index in [4.69, 9.17) is 5.73 Å². The number of nitrogens with one attached hydrogen (secondary N) is 1. The number of rotatable bonds is 6. The molecule has 3 N–H and O–H groups in total. The van der Waals surface area contributed by atoms with E-state index < -0.39 is 0 Å². The number of nitrogens with zero attached hydrogens (tertiary/aromatic N) is 2. The molecule has 0 aromatic carbocycles. The molecule has 18 heavy (non-hydrogen) atoms. The van der Waals surface area contributed by atoms with Crippen molar-refractivity contribution in [2.45, 2.75) is 32.3 Å². The zero-order valence-corrected chi connectivity index (χ0v) is 11.9. The van der Waals surface area contributed by atoms with Crippen LogP contribution in [0.5, 0.6) is 0 Å². The molecule has 0 spiro atoms. The predicted octanol–water partition coefficient (Wildman–Crippen LogP) is 1.62. The molecular formula is C12H20N4OS. The SMILES string of the molecule is Cc1cc(N)nc(SCC(=O)NCCC(C)C)n1. The molecule has 0 fully saturated rings. The molecule has 1 rings (SSSR count). The zero-order valence-electron chi connectivity index (χ0n) is 11.1. The Morgan fingerprint density at radius 1 is 1.50 bits per heavy atom. The van der Waals surface area contributed by atoms with E-state index in [0.717, 1.165) is 12.1 Å². The molecule has 0 saturated carbocycles. The van der Waals surface area contributed by atoms with E-state index in [1.165, 1.54) is 11.8 Å². The van der Waals surface area contributed by atoms with Gasteiger partial charge in [0.15, 0.2) is 5.16 Å². The molecule has 1 heterocycles. The van der Waals surface area contributed by atoms with Gasteiger partial charge in [0, 0.05) is 18.3 Å². The number of aryl methyl sites for hydroxylation is 1. The smallest absolute Gasteiger partial charge is 0.230 e. The van der Waals surface area contributed by atoms with Gasteiger partial charge in [0.05, 0.1) is 5.75 Å². The number of nitrogen functional groups attached to an aromatic ring is 1. The first-order chi connectivity index (χ1) is 8.47. The zero-order chi connectivity index (χ0) is 13.5. The Morgan fingerprint density at radius 2 is 2.22 bits per heavy atom. The maximum absolute atomic E-state index is 11.5. The molecule has 1 aromatic heterocycles. The first-order valence-corrected chi connectivity index (χ1v) is 6.96. The van der Waals surface area contributed by atoms with E-state index in [2.05, 4.69) is 29.1 Å². The van der Waals surface area contributed by atoms with Gasteiger partial charge in [-0.3, -0.25) is 4.79 Å². The van der Waals surface area contributed by atoms with Gasteiger partial charge < -0.3 is 11.1 Å². The average molecular weight is 268 g/mol. The topological polar surface area (TPSA) is 80.9 Å². The molecule has 1 amide bonds. The summed E-state index contributed by atoms with van der Waals surface area (Å²) in [6, 6.07) is 1.70. The summed E-state index contributed by atoms with van der Waals surface area (Å²) in [6.45, 7) is 6.83. The van der Waals surface area contributed by atoms with Gasteiger partial charge in [0.25, 0.3) is 0 Å². The quantitative estimate of drug-likeness (QED) is 0.605. The number of thioether (sulfide) groups is 1. The minimum Gasteiger partial charge on any atom is -0.384 e. The van der Waals surface area contributed by atoms with E-state index in [1.807, 2.05) is 6.92 Å². The van der Waals surface area contributed by atoms with Crippen LogP contribution >= 0.6 is 11.8 Å². The minimum atomic E-state index is 0.00401. The molecule has 0 atom stereocenters. The van der Waals surface area contributed by atoms with Gasteiger partial charge >= 0.3 is 0 Å². The summed E-state index contributed by atoms with van der Waals surface area (Å²) in [5.41, 5.74) is 6.42. The second kappa shape index (κ2) is 7.20. The number of hydrogen-bond donors (Lipinski definition) is 2. The highest BCUT2D eigenvalue weighted by molar-refractivity contribution is 7.99. The number of carbonyl (C=O) groups excluding carboxylic acids is 1. The Labute approximate surface area is 112 Å². The van der Waals surface area contributed by atoms with Gasteiger partial charge in [0.2, 0.25) is 5.91 Å². The summed E-state index contributed by atoms with van der Waals surface area (Å²) >= 11 is 1.30. The summed E-state index contributed by atoms with van der Waals surface area (Å²) in [5.74, 6) is 1.36. The average Bonchev–Trinajstić information content (AvgIpc) is 2.24. The van der Waals surface area contributed by atoms with Gasteiger partial charge in [-0.15, -0.1) is 0 Å². The first-order valence-electron chi connectivity index (χ1n) is 5.98. The number of aromatic nitrogens is 2. The lowest BCUT2D eigenvalue weighted by Gasteiger charge is -2.07. The lowest BCUT2D eigenvalue weighted by Crippen LogP contribution is -2.27. The molecule has 5 nitrogen and oxygen atoms in total. The van der Waals surface area contributed by atoms with Gasteiger partial charge in [-0.25, -0.2) is 9.97 Å². The van der Waals surface area contributed by atoms with E-state index >= 15 is 0 Å². The maximum atomic E-state index is 11.5. The molecule has 100 valence electrons. The third kappa shape index (κ3) is 5.86. The lowest BCUT2D eigenvalue weighted by atomic mass is 10.1. The first kappa shape index (κ1) is 14.8. The Hall–Kier alpha value is -1.30. The number of hydrogen-bond acceptors (Lipinski definition) is 5. The molecule has 0 aliphatic rings. The molecular weight excluding hydrogens is 248 g/mol. The van der Waals surface area contributed by atoms with Gasteiger partial charge in [-0.05, 0) is 19.3 Å². The van der Waals surface area contributed by atoms with Crippen LogP contribution < -0.4 is 11.1 Å². The fourth-order valence-corrected chi connectivity index (χ4v) is 2.05. The third-order valence-electron chi connectivity index (χ3n) is 2.23. The van der Waals surface area contributed by atoms with Crippen molar-refractivity contribution in [2.24, 2.45) is 5.92 Å². The summed E-state index contributed by atoms with van der Waals surface area (Å²) < 4.78 is 0. The van der Waals surface area contributed by atoms with E-state index in [1.54, 1.807) is 6.07 Å². The van der Waals surface area contributed by atoms with Crippen LogP contribution in [0.1, 0.15) is 26.0 Å². The standard InChI is InChI=1S/C12H20N4OS/c1-8(2)4-5-14-11(17)7-18-12-15-9(3)6-10(13)16-12/h6,8H,4-5,7H2,1-3H3,(H,14,17)(H2,13,15,16). The van der Waals surface area contributed by atoms with E-state index in [9.17, 15) is 4.79 Å². The van der Waals surface area contributed by atoms with Crippen LogP contribution in [-0.4, -0.2) is 28.2 Å². The summed E-state index contributed by atoms with van der Waals surface area (Å²) in [4.78, 5) is 19.8. The van der Waals surface area contributed by atoms with Crippen molar-refractivity contribution < 1.29 is 4.79 Å². The predicted molar refractivity (Wildman–Crippen MR) is 74.4 cm³/mol. The van der Waals surface area contributed by atoms with Crippen molar-refractivity contribution in [3.63, 3.8) is 0 Å². The molecule has 0 radical (unpaired) electrons. The van der Waals surface area contributed by atoms with Crippen molar-refractivity contribution in [1.29, 1.82) is 0 Å². The largest absolute Gasteiger partial charge is 0.384 e. The normalized spacial score (nSPS) is 10.7. The lowest BCUT2D eigenvalue weighted by molar-refractivity contribution is -0.118. The second-order valence-electron chi connectivity index (χ2n) is 4.54. The number of carbonyl (C=O) groups is 1. The number of amides is 1. The monoisotopic (exact) mass is 268 g/mol. The van der Waals surface area contributed by atoms with Crippen LogP contribution in [0.2, 0.25) is 0 Å². The van der Waals surface area contributed by atoms with Gasteiger partial charge in [-0.2, -0.15) is 0 Å². The van der Waals surface area contributed by atoms with Crippen molar-refractivity contribution in [3.05, 3.63) is 11.8 Å². The fourth-order valence-electron chi connectivity index (χ4n) is 1.31. The summed E-state index contributed by atoms with van der Waals surface area (Å²) in [7, 11) is 0. The Morgan fingerprint density at radius 3 is 2.83 bits per heavy atom. The Kier molecular flexibility index (Phi) is 5.91. The minimum absolute atomic E-state index is 0.00401. The third-order valence-corrected chi connectivity index (χ3v) is 3.08. The van der Waals surface area contributed by atoms with E-state index in [-0.39, 0.29) is 5.91 Å². The molecule has 0 aliphatic carbocycles. The highest BCUT2D eigenvalue weighted by Gasteiger charge is 2.06. The van der Waals surface area contributed by atoms with Crippen molar-refractivity contribution in [3.8, 4) is 0 Å². The molecule has 0 unspecified atom stereocenters. The maximum Gasteiger partial charge on any atom is 0.230 e. The van der Waals surface area contributed by atoms with Crippen LogP contribution in [-0.2, 0) is 4.79 Å². The molecule has 6 heteroatoms. The second-order valence-corrected chi connectivity index (χ2v) is 5.48. The fraction of sp³-hybridized carbons (Fsp3) is 0.583. The highest BCUT2D eigenvalue weighted by Crippen LogP contribution is 2.14. The number of anilines is 1. The van der Waals surface area contributed by atoms with Crippen LogP contribution in [0.15, 0.2) is 11.2 Å². The van der Waals surface area contributed by atoms with Crippen molar-refractivity contribution in [2.75, 3.05) is 18.0 Å². The molecule has 0 bridgehead atoms.